The smallest absolute Gasteiger partial charge is 0.0566 e. The number of benzene rings is 2. The van der Waals surface area contributed by atoms with Crippen LogP contribution in [0.2, 0.25) is 5.02 Å². The van der Waals surface area contributed by atoms with E-state index in [4.69, 9.17) is 17.3 Å². The van der Waals surface area contributed by atoms with Gasteiger partial charge in [0.1, 0.15) is 0 Å². The maximum Gasteiger partial charge on any atom is 0.0566 e. The minimum absolute atomic E-state index is 0.700. The zero-order valence-corrected chi connectivity index (χ0v) is 10.5. The Bertz CT molecular complexity index is 474. The van der Waals surface area contributed by atoms with Crippen molar-refractivity contribution >= 4 is 29.1 Å². The highest BCUT2D eigenvalue weighted by Crippen LogP contribution is 2.37. The van der Waals surface area contributed by atoms with Gasteiger partial charge in [-0.3, -0.25) is 0 Å². The lowest BCUT2D eigenvalue weighted by molar-refractivity contribution is 1.36. The summed E-state index contributed by atoms with van der Waals surface area (Å²) in [6, 6.07) is 13.9. The monoisotopic (exact) mass is 249 g/mol. The molecule has 3 heteroatoms. The van der Waals surface area contributed by atoms with Crippen LogP contribution in [0.15, 0.2) is 52.3 Å². The zero-order valence-electron chi connectivity index (χ0n) is 8.91. The molecule has 16 heavy (non-hydrogen) atoms. The average molecular weight is 250 g/mol. The molecule has 0 unspecified atom stereocenters. The zero-order chi connectivity index (χ0) is 11.5. The highest BCUT2D eigenvalue weighted by atomic mass is 35.5. The van der Waals surface area contributed by atoms with Crippen LogP contribution in [-0.4, -0.2) is 0 Å². The number of aryl methyl sites for hydroxylation is 1. The van der Waals surface area contributed by atoms with Crippen molar-refractivity contribution in [2.45, 2.75) is 16.7 Å². The van der Waals surface area contributed by atoms with E-state index in [0.717, 1.165) is 15.5 Å². The minimum atomic E-state index is 0.700. The van der Waals surface area contributed by atoms with Gasteiger partial charge < -0.3 is 5.73 Å². The molecule has 0 fully saturated rings. The van der Waals surface area contributed by atoms with Crippen LogP contribution >= 0.6 is 23.4 Å². The van der Waals surface area contributed by atoms with Gasteiger partial charge in [-0.1, -0.05) is 47.1 Å². The number of hydrogen-bond donors (Lipinski definition) is 1. The lowest BCUT2D eigenvalue weighted by Gasteiger charge is -2.07. The van der Waals surface area contributed by atoms with E-state index in [9.17, 15) is 0 Å². The average Bonchev–Trinajstić information content (AvgIpc) is 2.26. The van der Waals surface area contributed by atoms with Crippen LogP contribution in [-0.2, 0) is 0 Å². The van der Waals surface area contributed by atoms with E-state index in [1.54, 1.807) is 11.8 Å². The molecule has 0 heterocycles. The van der Waals surface area contributed by atoms with Gasteiger partial charge in [-0.25, -0.2) is 0 Å². The van der Waals surface area contributed by atoms with E-state index in [1.165, 1.54) is 5.56 Å². The number of hydrogen-bond acceptors (Lipinski definition) is 2. The molecule has 2 aromatic rings. The van der Waals surface area contributed by atoms with Gasteiger partial charge in [0.25, 0.3) is 0 Å². The third kappa shape index (κ3) is 2.52. The van der Waals surface area contributed by atoms with Crippen LogP contribution in [0.5, 0.6) is 0 Å². The molecule has 0 saturated carbocycles. The van der Waals surface area contributed by atoms with Gasteiger partial charge in [-0.2, -0.15) is 0 Å². The molecule has 0 radical (unpaired) electrons. The molecule has 2 rings (SSSR count). The molecule has 0 atom stereocenters. The second-order valence-electron chi connectivity index (χ2n) is 3.57. The summed E-state index contributed by atoms with van der Waals surface area (Å²) in [4.78, 5) is 2.07. The summed E-state index contributed by atoms with van der Waals surface area (Å²) >= 11 is 7.70. The Labute approximate surface area is 105 Å². The van der Waals surface area contributed by atoms with Gasteiger partial charge in [-0.05, 0) is 31.2 Å². The molecule has 2 N–H and O–H groups in total. The summed E-state index contributed by atoms with van der Waals surface area (Å²) in [5, 5.41) is 0.700. The number of nitrogen functional groups attached to an aromatic ring is 1. The summed E-state index contributed by atoms with van der Waals surface area (Å²) in [6.07, 6.45) is 0. The van der Waals surface area contributed by atoms with Crippen molar-refractivity contribution in [2.24, 2.45) is 0 Å². The molecule has 0 aliphatic heterocycles. The van der Waals surface area contributed by atoms with Crippen molar-refractivity contribution in [3.8, 4) is 0 Å². The summed E-state index contributed by atoms with van der Waals surface area (Å²) in [5.41, 5.74) is 7.86. The maximum absolute atomic E-state index is 6.11. The lowest BCUT2D eigenvalue weighted by Crippen LogP contribution is -1.88. The van der Waals surface area contributed by atoms with Crippen LogP contribution in [0.1, 0.15) is 5.56 Å². The first-order chi connectivity index (χ1) is 7.66. The van der Waals surface area contributed by atoms with Gasteiger partial charge in [0.05, 0.1) is 9.92 Å². The summed E-state index contributed by atoms with van der Waals surface area (Å²) in [6.45, 7) is 2.07. The highest BCUT2D eigenvalue weighted by molar-refractivity contribution is 7.99. The number of anilines is 1. The van der Waals surface area contributed by atoms with E-state index in [2.05, 4.69) is 31.2 Å². The summed E-state index contributed by atoms with van der Waals surface area (Å²) in [7, 11) is 0. The molecule has 0 amide bonds. The fourth-order valence-corrected chi connectivity index (χ4v) is 2.51. The standard InChI is InChI=1S/C13H12ClNS/c1-9-5-7-10(8-6-9)16-13-11(14)3-2-4-12(13)15/h2-8H,15H2,1H3. The largest absolute Gasteiger partial charge is 0.398 e. The first kappa shape index (κ1) is 11.4. The second kappa shape index (κ2) is 4.81. The third-order valence-corrected chi connectivity index (χ3v) is 3.83. The topological polar surface area (TPSA) is 26.0 Å². The molecule has 0 aliphatic carbocycles. The van der Waals surface area contributed by atoms with Gasteiger partial charge in [0.15, 0.2) is 0 Å². The van der Waals surface area contributed by atoms with Crippen molar-refractivity contribution in [3.63, 3.8) is 0 Å². The predicted molar refractivity (Wildman–Crippen MR) is 71.2 cm³/mol. The Morgan fingerprint density at radius 3 is 2.38 bits per heavy atom. The van der Waals surface area contributed by atoms with Gasteiger partial charge in [-0.15, -0.1) is 0 Å². The molecular formula is C13H12ClNS. The van der Waals surface area contributed by atoms with Gasteiger partial charge >= 0.3 is 0 Å². The molecule has 82 valence electrons. The first-order valence-corrected chi connectivity index (χ1v) is 6.15. The van der Waals surface area contributed by atoms with Crippen LogP contribution in [0, 0.1) is 6.92 Å². The Balaban J connectivity index is 2.30. The van der Waals surface area contributed by atoms with Crippen LogP contribution in [0.4, 0.5) is 5.69 Å². The van der Waals surface area contributed by atoms with Crippen LogP contribution in [0.3, 0.4) is 0 Å². The quantitative estimate of drug-likeness (QED) is 0.800. The van der Waals surface area contributed by atoms with Gasteiger partial charge in [0, 0.05) is 10.6 Å². The van der Waals surface area contributed by atoms with Crippen molar-refractivity contribution < 1.29 is 0 Å². The summed E-state index contributed by atoms with van der Waals surface area (Å²) in [5.74, 6) is 0. The first-order valence-electron chi connectivity index (χ1n) is 4.95. The van der Waals surface area contributed by atoms with E-state index in [0.29, 0.717) is 5.02 Å². The lowest BCUT2D eigenvalue weighted by atomic mass is 10.2. The maximum atomic E-state index is 6.11. The molecule has 0 saturated heterocycles. The Kier molecular flexibility index (Phi) is 3.42. The number of halogens is 1. The van der Waals surface area contributed by atoms with E-state index < -0.39 is 0 Å². The molecule has 0 bridgehead atoms. The molecule has 1 nitrogen and oxygen atoms in total. The fraction of sp³-hybridized carbons (Fsp3) is 0.0769. The predicted octanol–water partition coefficient (Wildman–Crippen LogP) is 4.38. The summed E-state index contributed by atoms with van der Waals surface area (Å²) < 4.78 is 0. The van der Waals surface area contributed by atoms with Crippen LogP contribution < -0.4 is 5.73 Å². The number of rotatable bonds is 2. The molecule has 2 aromatic carbocycles. The third-order valence-electron chi connectivity index (χ3n) is 2.24. The van der Waals surface area contributed by atoms with E-state index in [1.807, 2.05) is 18.2 Å². The van der Waals surface area contributed by atoms with Crippen molar-refractivity contribution in [1.82, 2.24) is 0 Å². The molecular weight excluding hydrogens is 238 g/mol. The Morgan fingerprint density at radius 2 is 1.75 bits per heavy atom. The highest BCUT2D eigenvalue weighted by Gasteiger charge is 2.06. The minimum Gasteiger partial charge on any atom is -0.398 e. The normalized spacial score (nSPS) is 10.4. The van der Waals surface area contributed by atoms with Crippen molar-refractivity contribution in [1.29, 1.82) is 0 Å². The van der Waals surface area contributed by atoms with E-state index in [-0.39, 0.29) is 0 Å². The van der Waals surface area contributed by atoms with Crippen LogP contribution in [0.25, 0.3) is 0 Å². The van der Waals surface area contributed by atoms with E-state index >= 15 is 0 Å². The fourth-order valence-electron chi connectivity index (χ4n) is 1.36. The second-order valence-corrected chi connectivity index (χ2v) is 5.06. The Hall–Kier alpha value is -1.12. The SMILES string of the molecule is Cc1ccc(Sc2c(N)cccc2Cl)cc1. The van der Waals surface area contributed by atoms with Gasteiger partial charge in [0.2, 0.25) is 0 Å². The molecule has 0 aliphatic rings. The van der Waals surface area contributed by atoms with Crippen molar-refractivity contribution in [3.05, 3.63) is 53.1 Å². The Morgan fingerprint density at radius 1 is 1.06 bits per heavy atom. The number of nitrogens with two attached hydrogens (primary N) is 1. The van der Waals surface area contributed by atoms with Crippen molar-refractivity contribution in [2.75, 3.05) is 5.73 Å². The molecule has 0 aromatic heterocycles. The molecule has 0 spiro atoms.